The Kier molecular flexibility index (Phi) is 8.50. The van der Waals surface area contributed by atoms with E-state index in [4.69, 9.17) is 10.6 Å². The Morgan fingerprint density at radius 2 is 1.73 bits per heavy atom. The van der Waals surface area contributed by atoms with Gasteiger partial charge in [-0.2, -0.15) is 0 Å². The third-order valence-electron chi connectivity index (χ3n) is 7.35. The number of nitrogens with zero attached hydrogens (tertiary/aromatic N) is 5. The number of imide groups is 1. The second kappa shape index (κ2) is 12.3. The Morgan fingerprint density at radius 3 is 2.27 bits per heavy atom. The maximum absolute atomic E-state index is 13.3. The SMILES string of the molecule is CC(C)(O/N=C(\C(=O)N[C@H]1CN2CC(C(=O)NCCN3C(=O)c4cc(O)c(O)cc4C3=O)=C(C(=O)O)N2C1=O)c1csc(N)n1)C(=O)O. The molecule has 8 N–H and O–H groups in total. The number of nitrogen functional groups attached to an aromatic ring is 1. The second-order valence-electron chi connectivity index (χ2n) is 11.0. The summed E-state index contributed by atoms with van der Waals surface area (Å²) >= 11 is 0.951. The molecular weight excluding hydrogens is 660 g/mol. The number of phenolic OH excluding ortho intramolecular Hbond substituents is 2. The molecule has 0 aliphatic carbocycles. The smallest absolute Gasteiger partial charge is 0.354 e. The van der Waals surface area contributed by atoms with E-state index in [1.807, 2.05) is 0 Å². The number of carbonyl (C=O) groups is 7. The number of phenols is 2. The zero-order valence-electron chi connectivity index (χ0n) is 24.9. The van der Waals surface area contributed by atoms with Gasteiger partial charge < -0.3 is 41.6 Å². The molecule has 252 valence electrons. The minimum atomic E-state index is -1.85. The summed E-state index contributed by atoms with van der Waals surface area (Å²) in [7, 11) is 0. The van der Waals surface area contributed by atoms with Crippen LogP contribution in [0.1, 0.15) is 40.3 Å². The number of carboxylic acids is 2. The van der Waals surface area contributed by atoms with Gasteiger partial charge in [-0.25, -0.2) is 24.6 Å². The van der Waals surface area contributed by atoms with Gasteiger partial charge in [-0.3, -0.25) is 28.9 Å². The lowest BCUT2D eigenvalue weighted by Gasteiger charge is -2.19. The number of rotatable bonds is 11. The zero-order valence-corrected chi connectivity index (χ0v) is 25.7. The van der Waals surface area contributed by atoms with Crippen LogP contribution in [0.2, 0.25) is 0 Å². The first-order valence-electron chi connectivity index (χ1n) is 13.8. The van der Waals surface area contributed by atoms with Crippen LogP contribution in [0.25, 0.3) is 0 Å². The van der Waals surface area contributed by atoms with Gasteiger partial charge in [0.1, 0.15) is 11.7 Å². The molecular formula is C27H26N8O12S. The number of nitrogens with two attached hydrogens (primary N) is 1. The van der Waals surface area contributed by atoms with E-state index in [9.17, 15) is 54.0 Å². The summed E-state index contributed by atoms with van der Waals surface area (Å²) in [6, 6.07) is 0.547. The number of hydrogen-bond donors (Lipinski definition) is 7. The van der Waals surface area contributed by atoms with Crippen LogP contribution in [0.4, 0.5) is 5.13 Å². The van der Waals surface area contributed by atoms with Gasteiger partial charge in [-0.05, 0) is 26.0 Å². The second-order valence-corrected chi connectivity index (χ2v) is 11.9. The molecule has 1 aromatic heterocycles. The predicted octanol–water partition coefficient (Wildman–Crippen LogP) is -1.97. The van der Waals surface area contributed by atoms with Crippen molar-refractivity contribution in [2.24, 2.45) is 5.16 Å². The van der Waals surface area contributed by atoms with Crippen molar-refractivity contribution in [2.75, 3.05) is 31.9 Å². The molecule has 1 saturated heterocycles. The largest absolute Gasteiger partial charge is 0.504 e. The Balaban J connectivity index is 1.26. The number of carboxylic acid groups (broad SMARTS) is 2. The standard InChI is InChI=1S/C27H26N8O12S/c1-27(2,25(45)46)47-32-17(14-9-48-26(28)31-14)20(39)30-13-8-33-7-12(18(24(43)44)35(33)23(13)42)19(38)29-3-4-34-21(40)10-5-15(36)16(37)6-11(10)22(34)41/h5-6,9,13,36-37H,3-4,7-8H2,1-2H3,(H2,28,31)(H,29,38)(H,30,39)(H,43,44)(H,45,46)/b32-17-/t13-/m0/s1. The summed E-state index contributed by atoms with van der Waals surface area (Å²) in [5.74, 6) is -8.61. The molecule has 2 aromatic rings. The van der Waals surface area contributed by atoms with Crippen LogP contribution in [-0.2, 0) is 28.8 Å². The van der Waals surface area contributed by atoms with Gasteiger partial charge in [0.05, 0.1) is 23.2 Å². The first-order chi connectivity index (χ1) is 22.5. The number of carbonyl (C=O) groups excluding carboxylic acids is 5. The summed E-state index contributed by atoms with van der Waals surface area (Å²) < 4.78 is 0. The fourth-order valence-electron chi connectivity index (χ4n) is 4.87. The predicted molar refractivity (Wildman–Crippen MR) is 159 cm³/mol. The first kappa shape index (κ1) is 33.3. The van der Waals surface area contributed by atoms with Gasteiger partial charge in [0, 0.05) is 25.0 Å². The molecule has 5 amide bonds. The van der Waals surface area contributed by atoms with Crippen LogP contribution < -0.4 is 16.4 Å². The van der Waals surface area contributed by atoms with Gasteiger partial charge in [0.25, 0.3) is 29.5 Å². The molecule has 0 radical (unpaired) electrons. The molecule has 1 atom stereocenters. The highest BCUT2D eigenvalue weighted by Crippen LogP contribution is 2.33. The number of oxime groups is 1. The van der Waals surface area contributed by atoms with Crippen molar-refractivity contribution in [1.29, 1.82) is 0 Å². The number of anilines is 1. The van der Waals surface area contributed by atoms with Crippen LogP contribution >= 0.6 is 11.3 Å². The summed E-state index contributed by atoms with van der Waals surface area (Å²) in [5, 5.41) is 50.4. The van der Waals surface area contributed by atoms with E-state index in [1.165, 1.54) is 24.2 Å². The normalized spacial score (nSPS) is 17.9. The van der Waals surface area contributed by atoms with E-state index in [0.717, 1.165) is 33.4 Å². The molecule has 0 unspecified atom stereocenters. The Bertz CT molecular complexity index is 1830. The maximum atomic E-state index is 13.3. The number of hydrogen-bond acceptors (Lipinski definition) is 15. The minimum Gasteiger partial charge on any atom is -0.504 e. The van der Waals surface area contributed by atoms with Crippen molar-refractivity contribution in [3.63, 3.8) is 0 Å². The fraction of sp³-hybridized carbons (Fsp3) is 0.296. The van der Waals surface area contributed by atoms with Crippen LogP contribution in [0, 0.1) is 0 Å². The lowest BCUT2D eigenvalue weighted by molar-refractivity contribution is -0.161. The number of thiazole rings is 1. The first-order valence-corrected chi connectivity index (χ1v) is 14.7. The summed E-state index contributed by atoms with van der Waals surface area (Å²) in [6.45, 7) is 1.08. The van der Waals surface area contributed by atoms with Gasteiger partial charge in [0.15, 0.2) is 28.0 Å². The Labute approximate surface area is 272 Å². The molecule has 48 heavy (non-hydrogen) atoms. The number of aromatic hydroxyl groups is 2. The molecule has 4 heterocycles. The lowest BCUT2D eigenvalue weighted by atomic mass is 10.1. The summed E-state index contributed by atoms with van der Waals surface area (Å²) in [5.41, 5.74) is 1.93. The highest BCUT2D eigenvalue weighted by atomic mass is 32.1. The topological polar surface area (TPSA) is 295 Å². The minimum absolute atomic E-state index is 0.0537. The number of hydrazine groups is 1. The molecule has 0 bridgehead atoms. The van der Waals surface area contributed by atoms with E-state index in [2.05, 4.69) is 20.8 Å². The molecule has 20 nitrogen and oxygen atoms in total. The van der Waals surface area contributed by atoms with Crippen molar-refractivity contribution in [3.05, 3.63) is 45.6 Å². The number of nitrogens with one attached hydrogen (secondary N) is 2. The van der Waals surface area contributed by atoms with Crippen molar-refractivity contribution in [1.82, 2.24) is 30.5 Å². The van der Waals surface area contributed by atoms with Crippen LogP contribution in [0.3, 0.4) is 0 Å². The van der Waals surface area contributed by atoms with Gasteiger partial charge in [-0.15, -0.1) is 11.3 Å². The van der Waals surface area contributed by atoms with Gasteiger partial charge in [0.2, 0.25) is 5.60 Å². The van der Waals surface area contributed by atoms with Gasteiger partial charge >= 0.3 is 11.9 Å². The highest BCUT2D eigenvalue weighted by Gasteiger charge is 2.49. The number of fused-ring (bicyclic) bond motifs is 2. The van der Waals surface area contributed by atoms with Crippen LogP contribution in [0.15, 0.2) is 33.9 Å². The van der Waals surface area contributed by atoms with Crippen LogP contribution in [0.5, 0.6) is 11.5 Å². The van der Waals surface area contributed by atoms with E-state index in [0.29, 0.717) is 0 Å². The highest BCUT2D eigenvalue weighted by molar-refractivity contribution is 7.13. The summed E-state index contributed by atoms with van der Waals surface area (Å²) in [4.78, 5) is 98.3. The number of amides is 5. The van der Waals surface area contributed by atoms with Crippen molar-refractivity contribution in [3.8, 4) is 11.5 Å². The third kappa shape index (κ3) is 5.93. The van der Waals surface area contributed by atoms with Crippen LogP contribution in [-0.4, -0.2) is 125 Å². The molecule has 21 heteroatoms. The number of aliphatic carboxylic acids is 2. The van der Waals surface area contributed by atoms with E-state index in [1.54, 1.807) is 0 Å². The average molecular weight is 687 g/mol. The van der Waals surface area contributed by atoms with E-state index >= 15 is 0 Å². The number of aromatic nitrogens is 1. The van der Waals surface area contributed by atoms with Crippen molar-refractivity contribution < 1.29 is 58.8 Å². The monoisotopic (exact) mass is 686 g/mol. The number of benzene rings is 1. The lowest BCUT2D eigenvalue weighted by Crippen LogP contribution is -2.46. The maximum Gasteiger partial charge on any atom is 0.354 e. The molecule has 3 aliphatic heterocycles. The quantitative estimate of drug-likeness (QED) is 0.0584. The van der Waals surface area contributed by atoms with E-state index in [-0.39, 0.29) is 53.7 Å². The molecule has 1 aromatic carbocycles. The molecule has 0 saturated carbocycles. The molecule has 1 fully saturated rings. The fourth-order valence-corrected chi connectivity index (χ4v) is 5.41. The van der Waals surface area contributed by atoms with Gasteiger partial charge in [-0.1, -0.05) is 5.16 Å². The average Bonchev–Trinajstić information content (AvgIpc) is 3.74. The summed E-state index contributed by atoms with van der Waals surface area (Å²) in [6.07, 6.45) is 0. The molecule has 0 spiro atoms. The van der Waals surface area contributed by atoms with E-state index < -0.39 is 76.0 Å². The zero-order chi connectivity index (χ0) is 35.2. The van der Waals surface area contributed by atoms with Crippen molar-refractivity contribution >= 4 is 63.7 Å². The third-order valence-corrected chi connectivity index (χ3v) is 8.02. The Hall–Kier alpha value is -6.09. The molecule has 3 aliphatic rings. The molecule has 5 rings (SSSR count). The Morgan fingerprint density at radius 1 is 1.10 bits per heavy atom. The van der Waals surface area contributed by atoms with Crippen molar-refractivity contribution in [2.45, 2.75) is 25.5 Å².